The fraction of sp³-hybridized carbons (Fsp3) is 0.562. The van der Waals surface area contributed by atoms with Crippen LogP contribution in [-0.2, 0) is 20.9 Å². The highest BCUT2D eigenvalue weighted by Crippen LogP contribution is 2.28. The van der Waals surface area contributed by atoms with Crippen molar-refractivity contribution in [3.63, 3.8) is 0 Å². The number of ether oxygens (including phenoxy) is 1. The maximum absolute atomic E-state index is 11.9. The number of rotatable bonds is 8. The van der Waals surface area contributed by atoms with Crippen molar-refractivity contribution in [2.75, 3.05) is 19.8 Å². The van der Waals surface area contributed by atoms with Gasteiger partial charge >= 0.3 is 0 Å². The lowest BCUT2D eigenvalue weighted by Crippen LogP contribution is -2.52. The second-order valence-electron chi connectivity index (χ2n) is 5.87. The van der Waals surface area contributed by atoms with E-state index in [2.05, 4.69) is 15.6 Å². The predicted octanol–water partition coefficient (Wildman–Crippen LogP) is 0.946. The molecule has 142 valence electrons. The van der Waals surface area contributed by atoms with E-state index in [1.165, 1.54) is 0 Å². The average Bonchev–Trinajstić information content (AvgIpc) is 3.03. The molecule has 0 atom stereocenters. The van der Waals surface area contributed by atoms with Crippen molar-refractivity contribution < 1.29 is 14.3 Å². The molecule has 1 aromatic rings. The Balaban J connectivity index is 0.00000288. The molecule has 1 aromatic heterocycles. The van der Waals surface area contributed by atoms with Crippen LogP contribution in [0.3, 0.4) is 0 Å². The molecule has 1 fully saturated rings. The van der Waals surface area contributed by atoms with E-state index in [0.29, 0.717) is 13.1 Å². The topological polar surface area (TPSA) is 106 Å². The summed E-state index contributed by atoms with van der Waals surface area (Å²) in [6, 6.07) is 3.67. The van der Waals surface area contributed by atoms with Crippen LogP contribution in [0.5, 0.6) is 0 Å². The first kappa shape index (κ1) is 23.6. The highest BCUT2D eigenvalue weighted by atomic mass is 35.5. The number of nitrogens with two attached hydrogens (primary N) is 1. The van der Waals surface area contributed by atoms with Crippen molar-refractivity contribution in [3.05, 3.63) is 30.1 Å². The summed E-state index contributed by atoms with van der Waals surface area (Å²) < 4.78 is 5.16. The third kappa shape index (κ3) is 8.00. The predicted molar refractivity (Wildman–Crippen MR) is 99.8 cm³/mol. The number of halogens is 2. The Bertz CT molecular complexity index is 525. The highest BCUT2D eigenvalue weighted by molar-refractivity contribution is 5.85. The molecule has 2 rings (SSSR count). The molecule has 0 unspecified atom stereocenters. The number of carbonyl (C=O) groups excluding carboxylic acids is 2. The third-order valence-electron chi connectivity index (χ3n) is 4.03. The quantitative estimate of drug-likeness (QED) is 0.610. The van der Waals surface area contributed by atoms with Crippen molar-refractivity contribution in [2.45, 2.75) is 37.8 Å². The number of hydrogen-bond acceptors (Lipinski definition) is 5. The summed E-state index contributed by atoms with van der Waals surface area (Å²) in [5.74, 6) is -0.492. The molecule has 1 saturated carbocycles. The molecule has 0 saturated heterocycles. The molecular formula is C16H26Cl2N4O3. The van der Waals surface area contributed by atoms with Gasteiger partial charge in [0.1, 0.15) is 13.2 Å². The zero-order chi connectivity index (χ0) is 16.5. The van der Waals surface area contributed by atoms with Crippen LogP contribution in [0.1, 0.15) is 31.2 Å². The van der Waals surface area contributed by atoms with Crippen molar-refractivity contribution in [1.29, 1.82) is 0 Å². The lowest BCUT2D eigenvalue weighted by Gasteiger charge is -2.28. The van der Waals surface area contributed by atoms with Crippen LogP contribution < -0.4 is 16.4 Å². The van der Waals surface area contributed by atoms with Gasteiger partial charge < -0.3 is 21.1 Å². The van der Waals surface area contributed by atoms with Gasteiger partial charge in [-0.15, -0.1) is 24.8 Å². The number of aromatic nitrogens is 1. The maximum Gasteiger partial charge on any atom is 0.246 e. The molecule has 2 amide bonds. The zero-order valence-corrected chi connectivity index (χ0v) is 15.7. The van der Waals surface area contributed by atoms with E-state index in [-0.39, 0.29) is 55.4 Å². The lowest BCUT2D eigenvalue weighted by molar-refractivity contribution is -0.132. The van der Waals surface area contributed by atoms with Gasteiger partial charge in [0.15, 0.2) is 0 Å². The van der Waals surface area contributed by atoms with Gasteiger partial charge in [0, 0.05) is 25.5 Å². The minimum atomic E-state index is -0.289. The molecular weight excluding hydrogens is 367 g/mol. The molecule has 7 nitrogen and oxygen atoms in total. The molecule has 0 radical (unpaired) electrons. The first-order valence-corrected chi connectivity index (χ1v) is 7.88. The summed E-state index contributed by atoms with van der Waals surface area (Å²) in [6.45, 7) is 0.536. The highest BCUT2D eigenvalue weighted by Gasteiger charge is 2.33. The summed E-state index contributed by atoms with van der Waals surface area (Å²) >= 11 is 0. The summed E-state index contributed by atoms with van der Waals surface area (Å²) in [5.41, 5.74) is 6.38. The Morgan fingerprint density at radius 2 is 1.88 bits per heavy atom. The molecule has 4 N–H and O–H groups in total. The van der Waals surface area contributed by atoms with E-state index < -0.39 is 0 Å². The monoisotopic (exact) mass is 392 g/mol. The maximum atomic E-state index is 11.9. The van der Waals surface area contributed by atoms with E-state index in [0.717, 1.165) is 31.2 Å². The number of nitrogens with one attached hydrogen (secondary N) is 2. The number of pyridine rings is 1. The van der Waals surface area contributed by atoms with Crippen LogP contribution in [0.4, 0.5) is 0 Å². The number of carbonyl (C=O) groups is 2. The number of nitrogens with zero attached hydrogens (tertiary/aromatic N) is 1. The number of hydrogen-bond donors (Lipinski definition) is 3. The van der Waals surface area contributed by atoms with Gasteiger partial charge in [0.25, 0.3) is 0 Å². The molecule has 1 aliphatic rings. The Hall–Kier alpha value is -1.41. The van der Waals surface area contributed by atoms with Gasteiger partial charge in [-0.3, -0.25) is 14.6 Å². The van der Waals surface area contributed by atoms with Crippen molar-refractivity contribution in [3.8, 4) is 0 Å². The Morgan fingerprint density at radius 3 is 2.48 bits per heavy atom. The van der Waals surface area contributed by atoms with Gasteiger partial charge in [-0.1, -0.05) is 18.9 Å². The second-order valence-corrected chi connectivity index (χ2v) is 5.87. The Morgan fingerprint density at radius 1 is 1.20 bits per heavy atom. The summed E-state index contributed by atoms with van der Waals surface area (Å²) in [5, 5.41) is 5.65. The Kier molecular flexibility index (Phi) is 11.3. The van der Waals surface area contributed by atoms with Gasteiger partial charge in [-0.2, -0.15) is 0 Å². The normalized spacial score (nSPS) is 14.8. The Labute approximate surface area is 160 Å². The summed E-state index contributed by atoms with van der Waals surface area (Å²) in [6.07, 6.45) is 7.32. The summed E-state index contributed by atoms with van der Waals surface area (Å²) in [4.78, 5) is 27.5. The molecule has 0 spiro atoms. The van der Waals surface area contributed by atoms with Crippen LogP contribution in [0.25, 0.3) is 0 Å². The van der Waals surface area contributed by atoms with Crippen molar-refractivity contribution >= 4 is 36.6 Å². The average molecular weight is 393 g/mol. The minimum Gasteiger partial charge on any atom is -0.362 e. The van der Waals surface area contributed by atoms with Crippen LogP contribution in [0.2, 0.25) is 0 Å². The van der Waals surface area contributed by atoms with Crippen LogP contribution in [-0.4, -0.2) is 42.1 Å². The van der Waals surface area contributed by atoms with Gasteiger partial charge in [0.2, 0.25) is 11.8 Å². The smallest absolute Gasteiger partial charge is 0.246 e. The fourth-order valence-electron chi connectivity index (χ4n) is 2.75. The summed E-state index contributed by atoms with van der Waals surface area (Å²) in [7, 11) is 0. The minimum absolute atomic E-state index is 0. The third-order valence-corrected chi connectivity index (χ3v) is 4.03. The van der Waals surface area contributed by atoms with Gasteiger partial charge in [-0.25, -0.2) is 0 Å². The van der Waals surface area contributed by atoms with Crippen molar-refractivity contribution in [1.82, 2.24) is 15.6 Å². The molecule has 1 heterocycles. The molecule has 0 bridgehead atoms. The molecule has 1 aliphatic carbocycles. The molecule has 0 aliphatic heterocycles. The van der Waals surface area contributed by atoms with E-state index in [9.17, 15) is 9.59 Å². The van der Waals surface area contributed by atoms with Gasteiger partial charge in [0.05, 0.1) is 5.54 Å². The fourth-order valence-corrected chi connectivity index (χ4v) is 2.75. The molecule has 0 aromatic carbocycles. The van der Waals surface area contributed by atoms with E-state index in [1.54, 1.807) is 18.5 Å². The largest absolute Gasteiger partial charge is 0.362 e. The lowest BCUT2D eigenvalue weighted by atomic mass is 9.98. The standard InChI is InChI=1S/C16H24N4O3.2ClH/c17-12-16(5-1-2-6-16)20-15(22)11-23-10-14(21)19-9-13-4-3-7-18-8-13;;/h3-4,7-8H,1-2,5-6,9-12,17H2,(H,19,21)(H,20,22);2*1H. The SMILES string of the molecule is Cl.Cl.NCC1(NC(=O)COCC(=O)NCc2cccnc2)CCCC1. The first-order chi connectivity index (χ1) is 11.1. The second kappa shape index (κ2) is 12.0. The van der Waals surface area contributed by atoms with Crippen LogP contribution in [0, 0.1) is 0 Å². The van der Waals surface area contributed by atoms with E-state index in [4.69, 9.17) is 10.5 Å². The van der Waals surface area contributed by atoms with E-state index >= 15 is 0 Å². The van der Waals surface area contributed by atoms with E-state index in [1.807, 2.05) is 6.07 Å². The molecule has 9 heteroatoms. The van der Waals surface area contributed by atoms with Crippen LogP contribution in [0.15, 0.2) is 24.5 Å². The zero-order valence-electron chi connectivity index (χ0n) is 14.0. The first-order valence-electron chi connectivity index (χ1n) is 7.88. The molecule has 25 heavy (non-hydrogen) atoms. The van der Waals surface area contributed by atoms with Gasteiger partial charge in [-0.05, 0) is 24.5 Å². The number of amides is 2. The van der Waals surface area contributed by atoms with Crippen molar-refractivity contribution in [2.24, 2.45) is 5.73 Å². The van der Waals surface area contributed by atoms with Crippen LogP contribution >= 0.6 is 24.8 Å².